The van der Waals surface area contributed by atoms with Gasteiger partial charge in [0.25, 0.3) is 0 Å². The fourth-order valence-electron chi connectivity index (χ4n) is 2.03. The molecule has 0 spiro atoms. The summed E-state index contributed by atoms with van der Waals surface area (Å²) < 4.78 is 0. The van der Waals surface area contributed by atoms with Crippen LogP contribution in [0.2, 0.25) is 0 Å². The number of benzene rings is 1. The molecule has 0 aliphatic heterocycles. The number of aldehydes is 1. The van der Waals surface area contributed by atoms with E-state index in [1.54, 1.807) is 11.3 Å². The SMILES string of the molecule is Cc1csc(C(C=O)Cc2ccc(C(C)C)cc2)n1. The van der Waals surface area contributed by atoms with E-state index in [1.807, 2.05) is 12.3 Å². The second kappa shape index (κ2) is 6.11. The summed E-state index contributed by atoms with van der Waals surface area (Å²) in [5.41, 5.74) is 3.51. The Labute approximate surface area is 118 Å². The van der Waals surface area contributed by atoms with E-state index in [1.165, 1.54) is 11.1 Å². The summed E-state index contributed by atoms with van der Waals surface area (Å²) in [6, 6.07) is 8.53. The Bertz CT molecular complexity index is 542. The quantitative estimate of drug-likeness (QED) is 0.768. The lowest BCUT2D eigenvalue weighted by Crippen LogP contribution is -2.04. The Hall–Kier alpha value is -1.48. The first-order valence-corrected chi connectivity index (χ1v) is 7.44. The third-order valence-electron chi connectivity index (χ3n) is 3.22. The zero-order valence-corrected chi connectivity index (χ0v) is 12.4. The summed E-state index contributed by atoms with van der Waals surface area (Å²) >= 11 is 1.57. The Kier molecular flexibility index (Phi) is 4.48. The second-order valence-corrected chi connectivity index (χ2v) is 6.06. The van der Waals surface area contributed by atoms with Gasteiger partial charge in [-0.05, 0) is 30.4 Å². The van der Waals surface area contributed by atoms with Crippen molar-refractivity contribution >= 4 is 17.6 Å². The van der Waals surface area contributed by atoms with Crippen molar-refractivity contribution in [2.45, 2.75) is 39.0 Å². The van der Waals surface area contributed by atoms with Gasteiger partial charge in [0.05, 0.1) is 5.92 Å². The average Bonchev–Trinajstić information content (AvgIpc) is 2.83. The van der Waals surface area contributed by atoms with E-state index in [0.29, 0.717) is 5.92 Å². The normalized spacial score (nSPS) is 12.6. The Morgan fingerprint density at radius 1 is 1.26 bits per heavy atom. The molecule has 1 aromatic carbocycles. The lowest BCUT2D eigenvalue weighted by atomic mass is 9.97. The highest BCUT2D eigenvalue weighted by Gasteiger charge is 2.15. The van der Waals surface area contributed by atoms with Crippen LogP contribution in [0.25, 0.3) is 0 Å². The Morgan fingerprint density at radius 3 is 2.42 bits per heavy atom. The minimum atomic E-state index is -0.122. The van der Waals surface area contributed by atoms with Crippen LogP contribution in [0.1, 0.15) is 47.5 Å². The molecule has 0 amide bonds. The van der Waals surface area contributed by atoms with E-state index in [-0.39, 0.29) is 5.92 Å². The average molecular weight is 273 g/mol. The van der Waals surface area contributed by atoms with Gasteiger partial charge in [-0.15, -0.1) is 11.3 Å². The minimum absolute atomic E-state index is 0.122. The van der Waals surface area contributed by atoms with Crippen LogP contribution in [-0.4, -0.2) is 11.3 Å². The molecule has 0 N–H and O–H groups in total. The van der Waals surface area contributed by atoms with Gasteiger partial charge >= 0.3 is 0 Å². The summed E-state index contributed by atoms with van der Waals surface area (Å²) in [7, 11) is 0. The molecule has 2 rings (SSSR count). The van der Waals surface area contributed by atoms with Crippen molar-refractivity contribution in [1.29, 1.82) is 0 Å². The smallest absolute Gasteiger partial charge is 0.130 e. The van der Waals surface area contributed by atoms with Crippen molar-refractivity contribution < 1.29 is 4.79 Å². The molecule has 1 atom stereocenters. The molecule has 100 valence electrons. The van der Waals surface area contributed by atoms with Crippen LogP contribution in [0.3, 0.4) is 0 Å². The van der Waals surface area contributed by atoms with Crippen molar-refractivity contribution in [3.8, 4) is 0 Å². The number of nitrogens with zero attached hydrogens (tertiary/aromatic N) is 1. The maximum Gasteiger partial charge on any atom is 0.130 e. The van der Waals surface area contributed by atoms with Gasteiger partial charge in [-0.2, -0.15) is 0 Å². The molecule has 0 saturated heterocycles. The maximum atomic E-state index is 11.3. The van der Waals surface area contributed by atoms with Crippen LogP contribution in [0, 0.1) is 6.92 Å². The molecule has 19 heavy (non-hydrogen) atoms. The molecule has 1 aromatic heterocycles. The predicted molar refractivity (Wildman–Crippen MR) is 79.9 cm³/mol. The summed E-state index contributed by atoms with van der Waals surface area (Å²) in [6.45, 7) is 6.32. The fraction of sp³-hybridized carbons (Fsp3) is 0.375. The first-order valence-electron chi connectivity index (χ1n) is 6.56. The molecule has 1 heterocycles. The van der Waals surface area contributed by atoms with E-state index in [2.05, 4.69) is 43.1 Å². The molecule has 2 nitrogen and oxygen atoms in total. The zero-order valence-electron chi connectivity index (χ0n) is 11.6. The molecular weight excluding hydrogens is 254 g/mol. The van der Waals surface area contributed by atoms with Crippen molar-refractivity contribution in [1.82, 2.24) is 4.98 Å². The maximum absolute atomic E-state index is 11.3. The number of aryl methyl sites for hydroxylation is 1. The van der Waals surface area contributed by atoms with E-state index in [4.69, 9.17) is 0 Å². The number of rotatable bonds is 5. The van der Waals surface area contributed by atoms with Gasteiger partial charge in [-0.25, -0.2) is 4.98 Å². The Balaban J connectivity index is 2.12. The fourth-order valence-corrected chi connectivity index (χ4v) is 2.88. The monoisotopic (exact) mass is 273 g/mol. The standard InChI is InChI=1S/C16H19NOS/c1-11(2)14-6-4-13(5-7-14)8-15(9-18)16-17-12(3)10-19-16/h4-7,9-11,15H,8H2,1-3H3. The van der Waals surface area contributed by atoms with Gasteiger partial charge in [-0.3, -0.25) is 0 Å². The molecule has 0 saturated carbocycles. The van der Waals surface area contributed by atoms with Gasteiger partial charge in [0.1, 0.15) is 11.3 Å². The first-order chi connectivity index (χ1) is 9.10. The largest absolute Gasteiger partial charge is 0.303 e. The number of aromatic nitrogens is 1. The number of thiazole rings is 1. The van der Waals surface area contributed by atoms with Crippen LogP contribution < -0.4 is 0 Å². The van der Waals surface area contributed by atoms with Crippen LogP contribution in [0.15, 0.2) is 29.6 Å². The lowest BCUT2D eigenvalue weighted by Gasteiger charge is -2.09. The number of hydrogen-bond donors (Lipinski definition) is 0. The first kappa shape index (κ1) is 13.9. The topological polar surface area (TPSA) is 30.0 Å². The number of carbonyl (C=O) groups excluding carboxylic acids is 1. The highest BCUT2D eigenvalue weighted by atomic mass is 32.1. The van der Waals surface area contributed by atoms with E-state index in [0.717, 1.165) is 23.4 Å². The molecule has 0 aliphatic carbocycles. The zero-order chi connectivity index (χ0) is 13.8. The van der Waals surface area contributed by atoms with Crippen molar-refractivity contribution in [2.24, 2.45) is 0 Å². The molecule has 1 unspecified atom stereocenters. The van der Waals surface area contributed by atoms with Crippen LogP contribution in [0.4, 0.5) is 0 Å². The number of carbonyl (C=O) groups is 1. The van der Waals surface area contributed by atoms with Gasteiger partial charge < -0.3 is 4.79 Å². The molecule has 2 aromatic rings. The van der Waals surface area contributed by atoms with E-state index in [9.17, 15) is 4.79 Å². The molecule has 0 bridgehead atoms. The highest BCUT2D eigenvalue weighted by Crippen LogP contribution is 2.23. The summed E-state index contributed by atoms with van der Waals surface area (Å²) in [5.74, 6) is 0.418. The second-order valence-electron chi connectivity index (χ2n) is 5.17. The van der Waals surface area contributed by atoms with Gasteiger partial charge in [-0.1, -0.05) is 38.1 Å². The van der Waals surface area contributed by atoms with Gasteiger partial charge in [0, 0.05) is 11.1 Å². The van der Waals surface area contributed by atoms with Crippen molar-refractivity contribution in [3.63, 3.8) is 0 Å². The van der Waals surface area contributed by atoms with Crippen molar-refractivity contribution in [2.75, 3.05) is 0 Å². The molecule has 0 aliphatic rings. The highest BCUT2D eigenvalue weighted by molar-refractivity contribution is 7.09. The molecule has 0 fully saturated rings. The molecule has 0 radical (unpaired) electrons. The summed E-state index contributed by atoms with van der Waals surface area (Å²) in [6.07, 6.45) is 1.74. The predicted octanol–water partition coefficient (Wildman–Crippen LogP) is 4.10. The van der Waals surface area contributed by atoms with E-state index >= 15 is 0 Å². The third-order valence-corrected chi connectivity index (χ3v) is 4.31. The van der Waals surface area contributed by atoms with Crippen LogP contribution in [0.5, 0.6) is 0 Å². The minimum Gasteiger partial charge on any atom is -0.303 e. The van der Waals surface area contributed by atoms with E-state index < -0.39 is 0 Å². The van der Waals surface area contributed by atoms with Gasteiger partial charge in [0.2, 0.25) is 0 Å². The van der Waals surface area contributed by atoms with Crippen LogP contribution >= 0.6 is 11.3 Å². The summed E-state index contributed by atoms with van der Waals surface area (Å²) in [5, 5.41) is 2.91. The van der Waals surface area contributed by atoms with Crippen LogP contribution in [-0.2, 0) is 11.2 Å². The van der Waals surface area contributed by atoms with Gasteiger partial charge in [0.15, 0.2) is 0 Å². The molecular formula is C16H19NOS. The molecule has 3 heteroatoms. The lowest BCUT2D eigenvalue weighted by molar-refractivity contribution is -0.109. The van der Waals surface area contributed by atoms with Crippen molar-refractivity contribution in [3.05, 3.63) is 51.5 Å². The number of hydrogen-bond acceptors (Lipinski definition) is 3. The Morgan fingerprint density at radius 2 is 1.95 bits per heavy atom. The third kappa shape index (κ3) is 3.51. The summed E-state index contributed by atoms with van der Waals surface area (Å²) in [4.78, 5) is 15.7.